The zero-order valence-electron chi connectivity index (χ0n) is 18.5. The molecule has 7 nitrogen and oxygen atoms in total. The van der Waals surface area contributed by atoms with Crippen LogP contribution in [0.5, 0.6) is 0 Å². The number of nitrogens with two attached hydrogens (primary N) is 1. The predicted molar refractivity (Wildman–Crippen MR) is 133 cm³/mol. The third-order valence-corrected chi connectivity index (χ3v) is 5.81. The SMILES string of the molecule is CC(C)C[C@H](NCc1ccc(-c2cnc(N)c(NCc3c(Cl)cccc3Cl)n2)cc1)C(=O)O. The first-order chi connectivity index (χ1) is 15.7. The summed E-state index contributed by atoms with van der Waals surface area (Å²) in [5, 5.41) is 16.8. The molecule has 0 saturated heterocycles. The molecular formula is C24H27Cl2N5O2. The van der Waals surface area contributed by atoms with Crippen molar-refractivity contribution in [2.24, 2.45) is 5.92 Å². The van der Waals surface area contributed by atoms with E-state index in [-0.39, 0.29) is 5.82 Å². The van der Waals surface area contributed by atoms with Crippen LogP contribution in [0, 0.1) is 5.92 Å². The second-order valence-corrected chi connectivity index (χ2v) is 8.96. The maximum atomic E-state index is 11.4. The molecule has 0 aliphatic rings. The van der Waals surface area contributed by atoms with Crippen molar-refractivity contribution >= 4 is 40.8 Å². The van der Waals surface area contributed by atoms with Crippen molar-refractivity contribution in [3.05, 3.63) is 69.8 Å². The van der Waals surface area contributed by atoms with Crippen molar-refractivity contribution in [2.75, 3.05) is 11.1 Å². The molecule has 1 aromatic heterocycles. The lowest BCUT2D eigenvalue weighted by Gasteiger charge is -2.16. The van der Waals surface area contributed by atoms with Gasteiger partial charge in [-0.3, -0.25) is 4.79 Å². The fourth-order valence-electron chi connectivity index (χ4n) is 3.32. The van der Waals surface area contributed by atoms with Gasteiger partial charge in [-0.1, -0.05) is 67.4 Å². The summed E-state index contributed by atoms with van der Waals surface area (Å²) in [4.78, 5) is 20.3. The molecule has 0 aliphatic carbocycles. The molecule has 0 unspecified atom stereocenters. The number of hydrogen-bond donors (Lipinski definition) is 4. The first kappa shape index (κ1) is 24.8. The number of hydrogen-bond acceptors (Lipinski definition) is 6. The highest BCUT2D eigenvalue weighted by Crippen LogP contribution is 2.27. The van der Waals surface area contributed by atoms with Crippen molar-refractivity contribution in [3.63, 3.8) is 0 Å². The number of anilines is 2. The van der Waals surface area contributed by atoms with Gasteiger partial charge < -0.3 is 21.5 Å². The minimum absolute atomic E-state index is 0.271. The summed E-state index contributed by atoms with van der Waals surface area (Å²) in [6, 6.07) is 12.5. The number of aromatic nitrogens is 2. The van der Waals surface area contributed by atoms with Gasteiger partial charge in [0.2, 0.25) is 0 Å². The zero-order valence-corrected chi connectivity index (χ0v) is 20.0. The Morgan fingerprint density at radius 2 is 1.76 bits per heavy atom. The average molecular weight is 488 g/mol. The fraction of sp³-hybridized carbons (Fsp3) is 0.292. The maximum Gasteiger partial charge on any atom is 0.320 e. The highest BCUT2D eigenvalue weighted by atomic mass is 35.5. The van der Waals surface area contributed by atoms with Gasteiger partial charge in [0.1, 0.15) is 6.04 Å². The van der Waals surface area contributed by atoms with E-state index in [1.807, 2.05) is 38.1 Å². The van der Waals surface area contributed by atoms with Crippen molar-refractivity contribution < 1.29 is 9.90 Å². The van der Waals surface area contributed by atoms with Gasteiger partial charge in [0.05, 0.1) is 11.9 Å². The van der Waals surface area contributed by atoms with Crippen molar-refractivity contribution in [3.8, 4) is 11.3 Å². The van der Waals surface area contributed by atoms with Crippen LogP contribution in [0.1, 0.15) is 31.4 Å². The summed E-state index contributed by atoms with van der Waals surface area (Å²) >= 11 is 12.5. The summed E-state index contributed by atoms with van der Waals surface area (Å²) in [7, 11) is 0. The molecule has 1 heterocycles. The molecule has 33 heavy (non-hydrogen) atoms. The Hall–Kier alpha value is -2.87. The largest absolute Gasteiger partial charge is 0.480 e. The lowest BCUT2D eigenvalue weighted by atomic mass is 10.0. The van der Waals surface area contributed by atoms with Crippen LogP contribution in [-0.4, -0.2) is 27.1 Å². The Labute approximate surface area is 203 Å². The highest BCUT2D eigenvalue weighted by molar-refractivity contribution is 6.36. The molecular weight excluding hydrogens is 461 g/mol. The molecule has 0 amide bonds. The molecule has 3 rings (SSSR count). The first-order valence-corrected chi connectivity index (χ1v) is 11.3. The Bertz CT molecular complexity index is 1090. The number of nitrogens with zero attached hydrogens (tertiary/aromatic N) is 2. The number of nitrogen functional groups attached to an aromatic ring is 1. The molecule has 0 spiro atoms. The monoisotopic (exact) mass is 487 g/mol. The van der Waals surface area contributed by atoms with Gasteiger partial charge in [-0.25, -0.2) is 9.97 Å². The summed E-state index contributed by atoms with van der Waals surface area (Å²) in [5.74, 6) is 0.164. The molecule has 9 heteroatoms. The summed E-state index contributed by atoms with van der Waals surface area (Å²) in [5.41, 5.74) is 9.24. The van der Waals surface area contributed by atoms with Crippen LogP contribution in [-0.2, 0) is 17.9 Å². The predicted octanol–water partition coefficient (Wildman–Crippen LogP) is 5.23. The molecule has 3 aromatic rings. The third kappa shape index (κ3) is 6.81. The average Bonchev–Trinajstić information content (AvgIpc) is 2.77. The molecule has 5 N–H and O–H groups in total. The number of benzene rings is 2. The normalized spacial score (nSPS) is 12.0. The van der Waals surface area contributed by atoms with Crippen LogP contribution in [0.2, 0.25) is 10.0 Å². The lowest BCUT2D eigenvalue weighted by molar-refractivity contribution is -0.140. The quantitative estimate of drug-likeness (QED) is 0.309. The lowest BCUT2D eigenvalue weighted by Crippen LogP contribution is -2.37. The van der Waals surface area contributed by atoms with Crippen molar-refractivity contribution in [2.45, 2.75) is 39.4 Å². The fourth-order valence-corrected chi connectivity index (χ4v) is 3.85. The van der Waals surface area contributed by atoms with Crippen molar-refractivity contribution in [1.82, 2.24) is 15.3 Å². The standard InChI is InChI=1S/C24H27Cl2N5O2/c1-14(2)10-20(24(32)33)28-11-15-6-8-16(9-7-15)21-13-29-22(27)23(31-21)30-12-17-18(25)4-3-5-19(17)26/h3-9,13-14,20,28H,10-12H2,1-2H3,(H2,27,29)(H,30,31)(H,32,33)/t20-/m0/s1. The third-order valence-electron chi connectivity index (χ3n) is 5.10. The zero-order chi connectivity index (χ0) is 24.0. The Balaban J connectivity index is 1.69. The van der Waals surface area contributed by atoms with Gasteiger partial charge in [-0.2, -0.15) is 0 Å². The number of aliphatic carboxylic acids is 1. The van der Waals surface area contributed by atoms with Gasteiger partial charge >= 0.3 is 5.97 Å². The second kappa shape index (κ2) is 11.3. The van der Waals surface area contributed by atoms with Crippen LogP contribution >= 0.6 is 23.2 Å². The van der Waals surface area contributed by atoms with Gasteiger partial charge in [0, 0.05) is 34.3 Å². The molecule has 2 aromatic carbocycles. The molecule has 0 saturated carbocycles. The van der Waals surface area contributed by atoms with Crippen LogP contribution in [0.15, 0.2) is 48.7 Å². The molecule has 1 atom stereocenters. The second-order valence-electron chi connectivity index (χ2n) is 8.14. The number of rotatable bonds is 10. The summed E-state index contributed by atoms with van der Waals surface area (Å²) in [6.07, 6.45) is 2.18. The van der Waals surface area contributed by atoms with Crippen LogP contribution in [0.25, 0.3) is 11.3 Å². The maximum absolute atomic E-state index is 11.4. The van der Waals surface area contributed by atoms with E-state index in [0.717, 1.165) is 16.7 Å². The van der Waals surface area contributed by atoms with E-state index in [1.54, 1.807) is 24.4 Å². The molecule has 0 aliphatic heterocycles. The van der Waals surface area contributed by atoms with E-state index < -0.39 is 12.0 Å². The van der Waals surface area contributed by atoms with Crippen molar-refractivity contribution in [1.29, 1.82) is 0 Å². The molecule has 0 radical (unpaired) electrons. The van der Waals surface area contributed by atoms with Crippen LogP contribution < -0.4 is 16.4 Å². The van der Waals surface area contributed by atoms with Gasteiger partial charge in [0.25, 0.3) is 0 Å². The van der Waals surface area contributed by atoms with Gasteiger partial charge in [-0.05, 0) is 30.0 Å². The van der Waals surface area contributed by atoms with E-state index in [2.05, 4.69) is 20.6 Å². The molecule has 174 valence electrons. The van der Waals surface area contributed by atoms with E-state index in [0.29, 0.717) is 47.0 Å². The Morgan fingerprint density at radius 3 is 2.36 bits per heavy atom. The highest BCUT2D eigenvalue weighted by Gasteiger charge is 2.18. The summed E-state index contributed by atoms with van der Waals surface area (Å²) in [6.45, 7) is 4.83. The topological polar surface area (TPSA) is 113 Å². The Kier molecular flexibility index (Phi) is 8.49. The van der Waals surface area contributed by atoms with E-state index in [1.165, 1.54) is 0 Å². The number of nitrogens with one attached hydrogen (secondary N) is 2. The van der Waals surface area contributed by atoms with E-state index in [9.17, 15) is 9.90 Å². The van der Waals surface area contributed by atoms with Crippen LogP contribution in [0.3, 0.4) is 0 Å². The van der Waals surface area contributed by atoms with Crippen LogP contribution in [0.4, 0.5) is 11.6 Å². The smallest absolute Gasteiger partial charge is 0.320 e. The van der Waals surface area contributed by atoms with E-state index in [4.69, 9.17) is 28.9 Å². The van der Waals surface area contributed by atoms with Gasteiger partial charge in [-0.15, -0.1) is 0 Å². The molecule has 0 fully saturated rings. The minimum Gasteiger partial charge on any atom is -0.480 e. The van der Waals surface area contributed by atoms with Gasteiger partial charge in [0.15, 0.2) is 11.6 Å². The number of halogens is 2. The summed E-state index contributed by atoms with van der Waals surface area (Å²) < 4.78 is 0. The van der Waals surface area contributed by atoms with E-state index >= 15 is 0 Å². The Morgan fingerprint density at radius 1 is 1.09 bits per heavy atom. The minimum atomic E-state index is -0.837. The number of carboxylic acid groups (broad SMARTS) is 1. The first-order valence-electron chi connectivity index (χ1n) is 10.6. The number of carboxylic acids is 1. The number of carbonyl (C=O) groups is 1. The molecule has 0 bridgehead atoms.